The number of nitrogens with zero attached hydrogens (tertiary/aromatic N) is 3. The van der Waals surface area contributed by atoms with Crippen molar-refractivity contribution < 1.29 is 9.18 Å². The van der Waals surface area contributed by atoms with Crippen LogP contribution in [0.15, 0.2) is 60.8 Å². The van der Waals surface area contributed by atoms with Gasteiger partial charge in [0.15, 0.2) is 5.82 Å². The number of nitrogens with one attached hydrogen (secondary N) is 1. The van der Waals surface area contributed by atoms with Crippen LogP contribution in [0.2, 0.25) is 5.02 Å². The normalized spacial score (nSPS) is 16.3. The van der Waals surface area contributed by atoms with Gasteiger partial charge in [-0.15, -0.1) is 0 Å². The van der Waals surface area contributed by atoms with Gasteiger partial charge in [-0.05, 0) is 48.7 Å². The number of anilines is 1. The van der Waals surface area contributed by atoms with Crippen molar-refractivity contribution in [1.82, 2.24) is 15.3 Å². The lowest BCUT2D eigenvalue weighted by Gasteiger charge is -2.33. The molecule has 1 amide bonds. The van der Waals surface area contributed by atoms with Crippen molar-refractivity contribution in [3.63, 3.8) is 0 Å². The Morgan fingerprint density at radius 2 is 2.03 bits per heavy atom. The molecule has 0 radical (unpaired) electrons. The third kappa shape index (κ3) is 4.94. The van der Waals surface area contributed by atoms with Crippen molar-refractivity contribution in [1.29, 1.82) is 0 Å². The molecule has 1 saturated heterocycles. The predicted molar refractivity (Wildman–Crippen MR) is 116 cm³/mol. The highest BCUT2D eigenvalue weighted by Crippen LogP contribution is 2.24. The van der Waals surface area contributed by atoms with E-state index < -0.39 is 0 Å². The lowest BCUT2D eigenvalue weighted by Crippen LogP contribution is -2.43. The number of carbonyl (C=O) groups excluding carboxylic acids is 1. The Bertz CT molecular complexity index is 1030. The number of hydrogen-bond donors (Lipinski definition) is 1. The molecular formula is C23H22ClFN4O. The zero-order chi connectivity index (χ0) is 20.9. The molecule has 1 aliphatic rings. The van der Waals surface area contributed by atoms with E-state index in [4.69, 9.17) is 11.6 Å². The average Bonchev–Trinajstić information content (AvgIpc) is 2.79. The zero-order valence-electron chi connectivity index (χ0n) is 16.4. The van der Waals surface area contributed by atoms with Gasteiger partial charge in [0.25, 0.3) is 0 Å². The fourth-order valence-electron chi connectivity index (χ4n) is 3.63. The van der Waals surface area contributed by atoms with Gasteiger partial charge in [0, 0.05) is 36.4 Å². The molecule has 30 heavy (non-hydrogen) atoms. The largest absolute Gasteiger partial charge is 0.356 e. The van der Waals surface area contributed by atoms with E-state index in [1.165, 1.54) is 12.1 Å². The molecule has 1 aromatic heterocycles. The topological polar surface area (TPSA) is 58.1 Å². The summed E-state index contributed by atoms with van der Waals surface area (Å²) in [6, 6.07) is 15.5. The maximum atomic E-state index is 13.5. The third-order valence-corrected chi connectivity index (χ3v) is 5.47. The summed E-state index contributed by atoms with van der Waals surface area (Å²) in [7, 11) is 0. The second-order valence-electron chi connectivity index (χ2n) is 7.38. The lowest BCUT2D eigenvalue weighted by molar-refractivity contribution is -0.125. The molecular weight excluding hydrogens is 403 g/mol. The monoisotopic (exact) mass is 424 g/mol. The summed E-state index contributed by atoms with van der Waals surface area (Å²) in [5.74, 6) is 0.824. The minimum atomic E-state index is -0.322. The number of halogens is 2. The number of hydrogen-bond acceptors (Lipinski definition) is 4. The SMILES string of the molecule is O=C(NCc1ccc(Cl)cc1)C1CCCN(c2ccnc(-c3cccc(F)c3)n2)C1. The van der Waals surface area contributed by atoms with Gasteiger partial charge in [-0.25, -0.2) is 14.4 Å². The van der Waals surface area contributed by atoms with E-state index in [-0.39, 0.29) is 17.6 Å². The quantitative estimate of drug-likeness (QED) is 0.656. The van der Waals surface area contributed by atoms with E-state index in [9.17, 15) is 9.18 Å². The van der Waals surface area contributed by atoms with Crippen LogP contribution in [0.3, 0.4) is 0 Å². The van der Waals surface area contributed by atoms with Crippen LogP contribution in [0.25, 0.3) is 11.4 Å². The van der Waals surface area contributed by atoms with Crippen LogP contribution >= 0.6 is 11.6 Å². The van der Waals surface area contributed by atoms with E-state index in [1.54, 1.807) is 18.3 Å². The fraction of sp³-hybridized carbons (Fsp3) is 0.261. The molecule has 0 saturated carbocycles. The molecule has 1 unspecified atom stereocenters. The average molecular weight is 425 g/mol. The Morgan fingerprint density at radius 1 is 1.20 bits per heavy atom. The Kier molecular flexibility index (Phi) is 6.23. The van der Waals surface area contributed by atoms with E-state index in [0.29, 0.717) is 29.5 Å². The van der Waals surface area contributed by atoms with Crippen LogP contribution in [0.4, 0.5) is 10.2 Å². The molecule has 0 bridgehead atoms. The highest BCUT2D eigenvalue weighted by Gasteiger charge is 2.26. The van der Waals surface area contributed by atoms with Gasteiger partial charge in [0.2, 0.25) is 5.91 Å². The lowest BCUT2D eigenvalue weighted by atomic mass is 9.97. The van der Waals surface area contributed by atoms with Crippen molar-refractivity contribution in [3.8, 4) is 11.4 Å². The molecule has 1 fully saturated rings. The summed E-state index contributed by atoms with van der Waals surface area (Å²) in [4.78, 5) is 23.7. The first-order valence-electron chi connectivity index (χ1n) is 9.94. The molecule has 3 aromatic rings. The smallest absolute Gasteiger partial charge is 0.225 e. The molecule has 2 heterocycles. The second kappa shape index (κ2) is 9.22. The standard InChI is InChI=1S/C23H22ClFN4O/c24-19-8-6-16(7-9-19)14-27-23(30)18-4-2-12-29(15-18)21-10-11-26-22(28-21)17-3-1-5-20(25)13-17/h1,3,5-11,13,18H,2,4,12,14-15H2,(H,27,30). The molecule has 4 rings (SSSR count). The molecule has 0 aliphatic carbocycles. The Morgan fingerprint density at radius 3 is 2.83 bits per heavy atom. The summed E-state index contributed by atoms with van der Waals surface area (Å²) in [5, 5.41) is 3.70. The van der Waals surface area contributed by atoms with Gasteiger partial charge >= 0.3 is 0 Å². The first-order chi connectivity index (χ1) is 14.6. The molecule has 1 aliphatic heterocycles. The number of piperidine rings is 1. The minimum Gasteiger partial charge on any atom is -0.356 e. The number of rotatable bonds is 5. The Hall–Kier alpha value is -2.99. The summed E-state index contributed by atoms with van der Waals surface area (Å²) < 4.78 is 13.5. The molecule has 0 spiro atoms. The number of aromatic nitrogens is 2. The van der Waals surface area contributed by atoms with Crippen LogP contribution in [-0.4, -0.2) is 29.0 Å². The van der Waals surface area contributed by atoms with Crippen LogP contribution < -0.4 is 10.2 Å². The molecule has 154 valence electrons. The Balaban J connectivity index is 1.41. The summed E-state index contributed by atoms with van der Waals surface area (Å²) in [6.07, 6.45) is 3.41. The second-order valence-corrected chi connectivity index (χ2v) is 7.81. The Labute approximate surface area is 179 Å². The van der Waals surface area contributed by atoms with Crippen LogP contribution in [0.5, 0.6) is 0 Å². The van der Waals surface area contributed by atoms with Crippen molar-refractivity contribution >= 4 is 23.3 Å². The van der Waals surface area contributed by atoms with Crippen molar-refractivity contribution in [2.24, 2.45) is 5.92 Å². The van der Waals surface area contributed by atoms with Gasteiger partial charge in [0.1, 0.15) is 11.6 Å². The van der Waals surface area contributed by atoms with Crippen LogP contribution in [0, 0.1) is 11.7 Å². The molecule has 1 atom stereocenters. The van der Waals surface area contributed by atoms with E-state index >= 15 is 0 Å². The predicted octanol–water partition coefficient (Wildman–Crippen LogP) is 4.47. The number of benzene rings is 2. The highest BCUT2D eigenvalue weighted by atomic mass is 35.5. The molecule has 1 N–H and O–H groups in total. The molecule has 5 nitrogen and oxygen atoms in total. The van der Waals surface area contributed by atoms with Gasteiger partial charge in [-0.1, -0.05) is 35.9 Å². The number of carbonyl (C=O) groups is 1. The van der Waals surface area contributed by atoms with E-state index in [2.05, 4.69) is 20.2 Å². The first kappa shape index (κ1) is 20.3. The fourth-order valence-corrected chi connectivity index (χ4v) is 3.75. The van der Waals surface area contributed by atoms with Crippen LogP contribution in [0.1, 0.15) is 18.4 Å². The van der Waals surface area contributed by atoms with Crippen LogP contribution in [-0.2, 0) is 11.3 Å². The minimum absolute atomic E-state index is 0.0362. The number of amides is 1. The summed E-state index contributed by atoms with van der Waals surface area (Å²) in [6.45, 7) is 1.89. The van der Waals surface area contributed by atoms with Crippen molar-refractivity contribution in [2.45, 2.75) is 19.4 Å². The summed E-state index contributed by atoms with van der Waals surface area (Å²) in [5.41, 5.74) is 1.64. The third-order valence-electron chi connectivity index (χ3n) is 5.22. The van der Waals surface area contributed by atoms with Crippen molar-refractivity contribution in [3.05, 3.63) is 77.2 Å². The first-order valence-corrected chi connectivity index (χ1v) is 10.3. The van der Waals surface area contributed by atoms with Gasteiger partial charge < -0.3 is 10.2 Å². The zero-order valence-corrected chi connectivity index (χ0v) is 17.1. The highest BCUT2D eigenvalue weighted by molar-refractivity contribution is 6.30. The van der Waals surface area contributed by atoms with Crippen molar-refractivity contribution in [2.75, 3.05) is 18.0 Å². The molecule has 2 aromatic carbocycles. The van der Waals surface area contributed by atoms with Gasteiger partial charge in [0.05, 0.1) is 5.92 Å². The van der Waals surface area contributed by atoms with E-state index in [0.717, 1.165) is 30.8 Å². The maximum absolute atomic E-state index is 13.5. The maximum Gasteiger partial charge on any atom is 0.225 e. The van der Waals surface area contributed by atoms with Gasteiger partial charge in [-0.2, -0.15) is 0 Å². The molecule has 7 heteroatoms. The van der Waals surface area contributed by atoms with E-state index in [1.807, 2.05) is 30.3 Å². The van der Waals surface area contributed by atoms with Gasteiger partial charge in [-0.3, -0.25) is 4.79 Å². The summed E-state index contributed by atoms with van der Waals surface area (Å²) >= 11 is 5.91.